The van der Waals surface area contributed by atoms with Gasteiger partial charge in [-0.2, -0.15) is 0 Å². The van der Waals surface area contributed by atoms with Gasteiger partial charge in [-0.15, -0.1) is 0 Å². The van der Waals surface area contributed by atoms with Gasteiger partial charge in [0.05, 0.1) is 0 Å². The lowest BCUT2D eigenvalue weighted by molar-refractivity contribution is 0.348. The summed E-state index contributed by atoms with van der Waals surface area (Å²) >= 11 is 6.19. The Kier molecular flexibility index (Phi) is 4.44. The van der Waals surface area contributed by atoms with Crippen molar-refractivity contribution in [3.63, 3.8) is 0 Å². The predicted molar refractivity (Wildman–Crippen MR) is 76.2 cm³/mol. The lowest BCUT2D eigenvalue weighted by Crippen LogP contribution is -2.31. The van der Waals surface area contributed by atoms with Gasteiger partial charge in [0.25, 0.3) is 0 Å². The van der Waals surface area contributed by atoms with E-state index in [9.17, 15) is 0 Å². The van der Waals surface area contributed by atoms with Crippen molar-refractivity contribution in [1.82, 2.24) is 9.97 Å². The van der Waals surface area contributed by atoms with Crippen LogP contribution in [0, 0.1) is 5.92 Å². The van der Waals surface area contributed by atoms with Crippen molar-refractivity contribution in [3.05, 3.63) is 17.0 Å². The third-order valence-corrected chi connectivity index (χ3v) is 4.15. The van der Waals surface area contributed by atoms with Crippen LogP contribution in [0.3, 0.4) is 0 Å². The van der Waals surface area contributed by atoms with Gasteiger partial charge in [0.2, 0.25) is 0 Å². The smallest absolute Gasteiger partial charge is 0.138 e. The molecule has 1 aromatic heterocycles. The number of aromatic nitrogens is 2. The second-order valence-corrected chi connectivity index (χ2v) is 5.95. The zero-order chi connectivity index (χ0) is 13.1. The van der Waals surface area contributed by atoms with Crippen LogP contribution < -0.4 is 5.32 Å². The van der Waals surface area contributed by atoms with Crippen LogP contribution in [0.2, 0.25) is 5.15 Å². The number of hydrogen-bond acceptors (Lipinski definition) is 3. The number of nitrogens with one attached hydrogen (secondary N) is 1. The minimum atomic E-state index is 0.333. The predicted octanol–water partition coefficient (Wildman–Crippen LogP) is 4.24. The largest absolute Gasteiger partial charge is 0.367 e. The first-order chi connectivity index (χ1) is 8.59. The number of hydrogen-bond donors (Lipinski definition) is 1. The van der Waals surface area contributed by atoms with E-state index in [0.29, 0.717) is 23.0 Å². The molecule has 4 heteroatoms. The summed E-state index contributed by atoms with van der Waals surface area (Å²) in [6.45, 7) is 6.56. The lowest BCUT2D eigenvalue weighted by Gasteiger charge is -2.31. The molecule has 1 aliphatic rings. The first-order valence-electron chi connectivity index (χ1n) is 6.86. The van der Waals surface area contributed by atoms with Gasteiger partial charge in [0, 0.05) is 11.6 Å². The van der Waals surface area contributed by atoms with Gasteiger partial charge in [-0.05, 0) is 24.7 Å². The van der Waals surface area contributed by atoms with E-state index < -0.39 is 0 Å². The molecule has 1 aliphatic carbocycles. The van der Waals surface area contributed by atoms with Crippen LogP contribution in [0.4, 0.5) is 5.82 Å². The van der Waals surface area contributed by atoms with Crippen LogP contribution in [0.15, 0.2) is 6.33 Å². The van der Waals surface area contributed by atoms with Crippen molar-refractivity contribution in [2.24, 2.45) is 5.92 Å². The summed E-state index contributed by atoms with van der Waals surface area (Å²) in [6.07, 6.45) is 6.72. The molecule has 0 saturated heterocycles. The minimum absolute atomic E-state index is 0.333. The SMILES string of the molecule is CC(C)c1c(Cl)ncnc1NC1CCCCC1C. The van der Waals surface area contributed by atoms with Gasteiger partial charge in [-0.1, -0.05) is 45.2 Å². The standard InChI is InChI=1S/C14H22ClN3/c1-9(2)12-13(15)16-8-17-14(12)18-11-7-5-4-6-10(11)3/h8-11H,4-7H2,1-3H3,(H,16,17,18). The first kappa shape index (κ1) is 13.6. The van der Waals surface area contributed by atoms with Crippen molar-refractivity contribution in [2.45, 2.75) is 58.4 Å². The molecule has 2 unspecified atom stereocenters. The monoisotopic (exact) mass is 267 g/mol. The Bertz CT molecular complexity index is 406. The maximum atomic E-state index is 6.19. The third kappa shape index (κ3) is 2.94. The topological polar surface area (TPSA) is 37.8 Å². The Hall–Kier alpha value is -0.830. The van der Waals surface area contributed by atoms with Gasteiger partial charge in [-0.25, -0.2) is 9.97 Å². The zero-order valence-electron chi connectivity index (χ0n) is 11.4. The average molecular weight is 268 g/mol. The van der Waals surface area contributed by atoms with E-state index in [2.05, 4.69) is 36.1 Å². The highest BCUT2D eigenvalue weighted by Crippen LogP contribution is 2.31. The molecule has 18 heavy (non-hydrogen) atoms. The summed E-state index contributed by atoms with van der Waals surface area (Å²) in [7, 11) is 0. The molecule has 0 radical (unpaired) electrons. The maximum Gasteiger partial charge on any atom is 0.138 e. The molecule has 0 aromatic carbocycles. The third-order valence-electron chi connectivity index (χ3n) is 3.85. The van der Waals surface area contributed by atoms with Crippen molar-refractivity contribution in [3.8, 4) is 0 Å². The number of halogens is 1. The van der Waals surface area contributed by atoms with Crippen LogP contribution in [-0.4, -0.2) is 16.0 Å². The normalized spacial score (nSPS) is 24.3. The molecule has 0 bridgehead atoms. The van der Waals surface area contributed by atoms with E-state index in [1.165, 1.54) is 25.7 Å². The quantitative estimate of drug-likeness (QED) is 0.832. The van der Waals surface area contributed by atoms with Gasteiger partial charge in [0.1, 0.15) is 17.3 Å². The number of anilines is 1. The summed E-state index contributed by atoms with van der Waals surface area (Å²) in [5, 5.41) is 4.16. The molecule has 3 nitrogen and oxygen atoms in total. The van der Waals surface area contributed by atoms with Crippen molar-refractivity contribution >= 4 is 17.4 Å². The molecular weight excluding hydrogens is 246 g/mol. The highest BCUT2D eigenvalue weighted by molar-refractivity contribution is 6.30. The second-order valence-electron chi connectivity index (χ2n) is 5.59. The maximum absolute atomic E-state index is 6.19. The van der Waals surface area contributed by atoms with Crippen LogP contribution in [0.1, 0.15) is 57.9 Å². The van der Waals surface area contributed by atoms with Crippen LogP contribution in [0.5, 0.6) is 0 Å². The molecule has 1 saturated carbocycles. The highest BCUT2D eigenvalue weighted by Gasteiger charge is 2.23. The molecule has 1 N–H and O–H groups in total. The van der Waals surface area contributed by atoms with Crippen molar-refractivity contribution < 1.29 is 0 Å². The molecule has 2 rings (SSSR count). The Balaban J connectivity index is 2.20. The van der Waals surface area contributed by atoms with Crippen molar-refractivity contribution in [1.29, 1.82) is 0 Å². The molecule has 1 fully saturated rings. The summed E-state index contributed by atoms with van der Waals surface area (Å²) in [5.74, 6) is 1.95. The van der Waals surface area contributed by atoms with Crippen LogP contribution in [0.25, 0.3) is 0 Å². The van der Waals surface area contributed by atoms with E-state index >= 15 is 0 Å². The molecule has 0 amide bonds. The van der Waals surface area contributed by atoms with Crippen LogP contribution >= 0.6 is 11.6 Å². The van der Waals surface area contributed by atoms with Gasteiger partial charge in [0.15, 0.2) is 0 Å². The molecule has 2 atom stereocenters. The number of nitrogens with zero attached hydrogens (tertiary/aromatic N) is 2. The molecule has 0 aliphatic heterocycles. The summed E-state index contributed by atoms with van der Waals surface area (Å²) in [6, 6.07) is 0.516. The fraction of sp³-hybridized carbons (Fsp3) is 0.714. The van der Waals surface area contributed by atoms with E-state index in [-0.39, 0.29) is 0 Å². The van der Waals surface area contributed by atoms with Crippen LogP contribution in [-0.2, 0) is 0 Å². The van der Waals surface area contributed by atoms with Gasteiger partial charge >= 0.3 is 0 Å². The Labute approximate surface area is 114 Å². The van der Waals surface area contributed by atoms with Crippen molar-refractivity contribution in [2.75, 3.05) is 5.32 Å². The average Bonchev–Trinajstić information content (AvgIpc) is 2.31. The lowest BCUT2D eigenvalue weighted by atomic mass is 9.86. The Morgan fingerprint density at radius 3 is 2.67 bits per heavy atom. The summed E-state index contributed by atoms with van der Waals surface area (Å²) < 4.78 is 0. The van der Waals surface area contributed by atoms with E-state index in [4.69, 9.17) is 11.6 Å². The molecular formula is C14H22ClN3. The Morgan fingerprint density at radius 1 is 1.28 bits per heavy atom. The van der Waals surface area contributed by atoms with Gasteiger partial charge < -0.3 is 5.32 Å². The van der Waals surface area contributed by atoms with E-state index in [0.717, 1.165) is 11.4 Å². The Morgan fingerprint density at radius 2 is 2.00 bits per heavy atom. The zero-order valence-corrected chi connectivity index (χ0v) is 12.2. The summed E-state index contributed by atoms with van der Waals surface area (Å²) in [4.78, 5) is 8.47. The van der Waals surface area contributed by atoms with E-state index in [1.807, 2.05) is 0 Å². The molecule has 1 heterocycles. The minimum Gasteiger partial charge on any atom is -0.367 e. The number of rotatable bonds is 3. The van der Waals surface area contributed by atoms with E-state index in [1.54, 1.807) is 6.33 Å². The fourth-order valence-corrected chi connectivity index (χ4v) is 3.06. The first-order valence-corrected chi connectivity index (χ1v) is 7.24. The van der Waals surface area contributed by atoms with Gasteiger partial charge in [-0.3, -0.25) is 0 Å². The molecule has 1 aromatic rings. The molecule has 0 spiro atoms. The molecule has 100 valence electrons. The second kappa shape index (κ2) is 5.87. The summed E-state index contributed by atoms with van der Waals surface area (Å²) in [5.41, 5.74) is 1.04. The fourth-order valence-electron chi connectivity index (χ4n) is 2.71. The highest BCUT2D eigenvalue weighted by atomic mass is 35.5.